The third-order valence-corrected chi connectivity index (χ3v) is 4.88. The van der Waals surface area contributed by atoms with Crippen LogP contribution in [0.1, 0.15) is 25.3 Å². The second kappa shape index (κ2) is 5.18. The Hall–Kier alpha value is -0.880. The van der Waals surface area contributed by atoms with E-state index in [0.717, 1.165) is 31.5 Å². The number of hydrogen-bond donors (Lipinski definition) is 1. The van der Waals surface area contributed by atoms with Crippen LogP contribution in [0.4, 0.5) is 0 Å². The van der Waals surface area contributed by atoms with Crippen LogP contribution in [0.3, 0.4) is 0 Å². The first kappa shape index (κ1) is 12.6. The molecule has 1 aromatic heterocycles. The number of rotatable bonds is 4. The number of sulfone groups is 1. The number of aryl methyl sites for hydroxylation is 1. The molecule has 2 rings (SSSR count). The van der Waals surface area contributed by atoms with Gasteiger partial charge in [-0.1, -0.05) is 0 Å². The van der Waals surface area contributed by atoms with Gasteiger partial charge in [-0.2, -0.15) is 5.10 Å². The van der Waals surface area contributed by atoms with Crippen molar-refractivity contribution in [3.05, 3.63) is 18.0 Å². The van der Waals surface area contributed by atoms with Gasteiger partial charge in [0.25, 0.3) is 0 Å². The molecule has 0 aromatic carbocycles. The van der Waals surface area contributed by atoms with Gasteiger partial charge >= 0.3 is 0 Å². The molecule has 1 saturated heterocycles. The summed E-state index contributed by atoms with van der Waals surface area (Å²) >= 11 is 0. The maximum absolute atomic E-state index is 11.3. The highest BCUT2D eigenvalue weighted by molar-refractivity contribution is 7.91. The van der Waals surface area contributed by atoms with Crippen molar-refractivity contribution in [3.63, 3.8) is 0 Å². The summed E-state index contributed by atoms with van der Waals surface area (Å²) in [6.07, 6.45) is 5.33. The van der Waals surface area contributed by atoms with E-state index in [4.69, 9.17) is 0 Å². The Morgan fingerprint density at radius 2 is 2.18 bits per heavy atom. The van der Waals surface area contributed by atoms with Crippen molar-refractivity contribution in [1.29, 1.82) is 0 Å². The molecule has 0 spiro atoms. The van der Waals surface area contributed by atoms with E-state index >= 15 is 0 Å². The van der Waals surface area contributed by atoms with Gasteiger partial charge in [0, 0.05) is 30.9 Å². The number of hydrogen-bond acceptors (Lipinski definition) is 4. The summed E-state index contributed by atoms with van der Waals surface area (Å²) in [5.41, 5.74) is 1.15. The molecule has 96 valence electrons. The van der Waals surface area contributed by atoms with E-state index in [1.54, 1.807) is 0 Å². The molecule has 0 aliphatic carbocycles. The second-order valence-electron chi connectivity index (χ2n) is 4.51. The first-order chi connectivity index (χ1) is 8.09. The molecule has 1 aromatic rings. The molecule has 1 aliphatic heterocycles. The molecule has 0 radical (unpaired) electrons. The lowest BCUT2D eigenvalue weighted by Gasteiger charge is -2.22. The van der Waals surface area contributed by atoms with Crippen molar-refractivity contribution in [2.75, 3.05) is 11.5 Å². The normalized spacial score (nSPS) is 20.5. The predicted molar refractivity (Wildman–Crippen MR) is 66.4 cm³/mol. The Balaban J connectivity index is 1.79. The van der Waals surface area contributed by atoms with Crippen LogP contribution in [0.25, 0.3) is 0 Å². The molecule has 6 heteroatoms. The van der Waals surface area contributed by atoms with Gasteiger partial charge in [-0.25, -0.2) is 8.42 Å². The summed E-state index contributed by atoms with van der Waals surface area (Å²) in [5, 5.41) is 7.60. The standard InChI is InChI=1S/C11H19N3O2S/c1-2-14-9-10(8-13-14)7-12-11-3-5-17(15,16)6-4-11/h8-9,11-12H,2-7H2,1H3. The molecular weight excluding hydrogens is 238 g/mol. The monoisotopic (exact) mass is 257 g/mol. The summed E-state index contributed by atoms with van der Waals surface area (Å²) in [5.74, 6) is 0.637. The molecule has 0 atom stereocenters. The highest BCUT2D eigenvalue weighted by Crippen LogP contribution is 2.12. The fraction of sp³-hybridized carbons (Fsp3) is 0.727. The van der Waals surface area contributed by atoms with Gasteiger partial charge in [-0.3, -0.25) is 4.68 Å². The van der Waals surface area contributed by atoms with E-state index in [9.17, 15) is 8.42 Å². The van der Waals surface area contributed by atoms with Gasteiger partial charge in [0.1, 0.15) is 9.84 Å². The summed E-state index contributed by atoms with van der Waals surface area (Å²) in [7, 11) is -2.75. The van der Waals surface area contributed by atoms with Crippen LogP contribution in [-0.4, -0.2) is 35.7 Å². The van der Waals surface area contributed by atoms with Crippen LogP contribution >= 0.6 is 0 Å². The molecule has 0 unspecified atom stereocenters. The Kier molecular flexibility index (Phi) is 3.83. The zero-order valence-electron chi connectivity index (χ0n) is 10.1. The van der Waals surface area contributed by atoms with Gasteiger partial charge in [0.05, 0.1) is 17.7 Å². The fourth-order valence-corrected chi connectivity index (χ4v) is 3.52. The summed E-state index contributed by atoms with van der Waals surface area (Å²) < 4.78 is 24.4. The lowest BCUT2D eigenvalue weighted by Crippen LogP contribution is -2.37. The largest absolute Gasteiger partial charge is 0.310 e. The molecule has 1 fully saturated rings. The van der Waals surface area contributed by atoms with Crippen LogP contribution in [0.2, 0.25) is 0 Å². The van der Waals surface area contributed by atoms with Gasteiger partial charge in [-0.05, 0) is 19.8 Å². The molecule has 5 nitrogen and oxygen atoms in total. The smallest absolute Gasteiger partial charge is 0.150 e. The molecule has 0 bridgehead atoms. The average Bonchev–Trinajstić information content (AvgIpc) is 2.75. The van der Waals surface area contributed by atoms with Crippen molar-refractivity contribution in [2.24, 2.45) is 0 Å². The zero-order valence-corrected chi connectivity index (χ0v) is 10.9. The van der Waals surface area contributed by atoms with Gasteiger partial charge in [-0.15, -0.1) is 0 Å². The topological polar surface area (TPSA) is 64.0 Å². The van der Waals surface area contributed by atoms with E-state index in [2.05, 4.69) is 17.3 Å². The average molecular weight is 257 g/mol. The van der Waals surface area contributed by atoms with Crippen molar-refractivity contribution in [2.45, 2.75) is 38.9 Å². The van der Waals surface area contributed by atoms with Crippen LogP contribution < -0.4 is 5.32 Å². The minimum atomic E-state index is -2.75. The van der Waals surface area contributed by atoms with Crippen LogP contribution in [0.15, 0.2) is 12.4 Å². The number of nitrogens with zero attached hydrogens (tertiary/aromatic N) is 2. The Morgan fingerprint density at radius 1 is 1.47 bits per heavy atom. The first-order valence-electron chi connectivity index (χ1n) is 6.04. The third kappa shape index (κ3) is 3.54. The maximum atomic E-state index is 11.3. The highest BCUT2D eigenvalue weighted by Gasteiger charge is 2.22. The minimum absolute atomic E-state index is 0.318. The van der Waals surface area contributed by atoms with Crippen molar-refractivity contribution >= 4 is 9.84 Å². The molecule has 1 aliphatic rings. The molecular formula is C11H19N3O2S. The van der Waals surface area contributed by atoms with E-state index in [-0.39, 0.29) is 0 Å². The third-order valence-electron chi connectivity index (χ3n) is 3.16. The van der Waals surface area contributed by atoms with Gasteiger partial charge in [0.2, 0.25) is 0 Å². The molecule has 0 saturated carbocycles. The van der Waals surface area contributed by atoms with E-state index in [0.29, 0.717) is 17.5 Å². The van der Waals surface area contributed by atoms with Crippen molar-refractivity contribution in [3.8, 4) is 0 Å². The van der Waals surface area contributed by atoms with Gasteiger partial charge in [0.15, 0.2) is 0 Å². The summed E-state index contributed by atoms with van der Waals surface area (Å²) in [4.78, 5) is 0. The second-order valence-corrected chi connectivity index (χ2v) is 6.81. The number of aromatic nitrogens is 2. The van der Waals surface area contributed by atoms with Gasteiger partial charge < -0.3 is 5.32 Å². The molecule has 2 heterocycles. The van der Waals surface area contributed by atoms with Crippen LogP contribution in [0.5, 0.6) is 0 Å². The van der Waals surface area contributed by atoms with E-state index in [1.165, 1.54) is 0 Å². The molecule has 0 amide bonds. The SMILES string of the molecule is CCn1cc(CNC2CCS(=O)(=O)CC2)cn1. The Labute approximate surface area is 102 Å². The predicted octanol–water partition coefficient (Wildman–Crippen LogP) is 0.570. The van der Waals surface area contributed by atoms with E-state index < -0.39 is 9.84 Å². The van der Waals surface area contributed by atoms with E-state index in [1.807, 2.05) is 17.1 Å². The molecule has 1 N–H and O–H groups in total. The number of nitrogens with one attached hydrogen (secondary N) is 1. The summed E-state index contributed by atoms with van der Waals surface area (Å²) in [6, 6.07) is 0.323. The van der Waals surface area contributed by atoms with Crippen molar-refractivity contribution in [1.82, 2.24) is 15.1 Å². The molecule has 17 heavy (non-hydrogen) atoms. The lowest BCUT2D eigenvalue weighted by molar-refractivity contribution is 0.463. The minimum Gasteiger partial charge on any atom is -0.310 e. The lowest BCUT2D eigenvalue weighted by atomic mass is 10.1. The first-order valence-corrected chi connectivity index (χ1v) is 7.86. The Morgan fingerprint density at radius 3 is 2.76 bits per heavy atom. The van der Waals surface area contributed by atoms with Crippen molar-refractivity contribution < 1.29 is 8.42 Å². The maximum Gasteiger partial charge on any atom is 0.150 e. The highest BCUT2D eigenvalue weighted by atomic mass is 32.2. The summed E-state index contributed by atoms with van der Waals surface area (Å²) in [6.45, 7) is 3.70. The van der Waals surface area contributed by atoms with Crippen LogP contribution in [0, 0.1) is 0 Å². The fourth-order valence-electron chi connectivity index (χ4n) is 2.03. The van der Waals surface area contributed by atoms with Crippen LogP contribution in [-0.2, 0) is 22.9 Å². The quantitative estimate of drug-likeness (QED) is 0.856. The Bertz CT molecular complexity index is 453. The zero-order chi connectivity index (χ0) is 12.3.